The summed E-state index contributed by atoms with van der Waals surface area (Å²) < 4.78 is 16.7. The number of nitrogens with two attached hydrogens (primary N) is 1. The number of benzene rings is 1. The zero-order valence-electron chi connectivity index (χ0n) is 16.3. The van der Waals surface area contributed by atoms with Crippen LogP contribution in [0.25, 0.3) is 0 Å². The van der Waals surface area contributed by atoms with Gasteiger partial charge in [0.05, 0.1) is 12.3 Å². The molecule has 8 nitrogen and oxygen atoms in total. The summed E-state index contributed by atoms with van der Waals surface area (Å²) in [7, 11) is -3.50. The minimum Gasteiger partial charge on any atom is -0.388 e. The molecule has 0 saturated carbocycles. The smallest absolute Gasteiger partial charge is 0.354 e. The van der Waals surface area contributed by atoms with Gasteiger partial charge in [0, 0.05) is 5.69 Å². The van der Waals surface area contributed by atoms with Crippen molar-refractivity contribution in [3.05, 3.63) is 39.5 Å². The molecule has 10 heteroatoms. The molecule has 2 amide bonds. The molecule has 29 heavy (non-hydrogen) atoms. The maximum absolute atomic E-state index is 12.8. The summed E-state index contributed by atoms with van der Waals surface area (Å²) in [6, 6.07) is 1.25. The van der Waals surface area contributed by atoms with Crippen LogP contribution in [0.5, 0.6) is 0 Å². The summed E-state index contributed by atoms with van der Waals surface area (Å²) >= 11 is 0.967. The van der Waals surface area contributed by atoms with Gasteiger partial charge in [-0.25, -0.2) is 19.1 Å². The monoisotopic (exact) mass is 436 g/mol. The lowest BCUT2D eigenvalue weighted by Gasteiger charge is -2.15. The number of rotatable bonds is 3. The van der Waals surface area contributed by atoms with Gasteiger partial charge in [-0.3, -0.25) is 0 Å². The quantitative estimate of drug-likeness (QED) is 0.586. The third-order valence-corrected chi connectivity index (χ3v) is 8.51. The number of aryl methyl sites for hydroxylation is 1. The van der Waals surface area contributed by atoms with Gasteiger partial charge in [0.1, 0.15) is 14.8 Å². The van der Waals surface area contributed by atoms with Crippen LogP contribution in [0.1, 0.15) is 60.1 Å². The van der Waals surface area contributed by atoms with Gasteiger partial charge < -0.3 is 15.5 Å². The second-order valence-corrected chi connectivity index (χ2v) is 11.0. The zero-order chi connectivity index (χ0) is 21.0. The van der Waals surface area contributed by atoms with Gasteiger partial charge in [-0.15, -0.1) is 15.7 Å². The Morgan fingerprint density at radius 2 is 2.14 bits per heavy atom. The maximum atomic E-state index is 12.8. The van der Waals surface area contributed by atoms with E-state index < -0.39 is 27.7 Å². The summed E-state index contributed by atoms with van der Waals surface area (Å²) in [5, 5.41) is 29.2. The van der Waals surface area contributed by atoms with E-state index in [-0.39, 0.29) is 4.21 Å². The summed E-state index contributed by atoms with van der Waals surface area (Å²) in [5.41, 5.74) is 3.45. The van der Waals surface area contributed by atoms with Crippen LogP contribution < -0.4 is 10.5 Å². The Kier molecular flexibility index (Phi) is 5.02. The van der Waals surface area contributed by atoms with Crippen LogP contribution in [-0.4, -0.2) is 25.4 Å². The Morgan fingerprint density at radius 1 is 1.38 bits per heavy atom. The molecule has 1 heterocycles. The lowest BCUT2D eigenvalue weighted by atomic mass is 9.98. The molecule has 1 unspecified atom stereocenters. The number of nitrogens with one attached hydrogen (secondary N) is 1. The molecule has 0 radical (unpaired) electrons. The summed E-state index contributed by atoms with van der Waals surface area (Å²) in [4.78, 5) is 16.7. The number of thiazole rings is 1. The summed E-state index contributed by atoms with van der Waals surface area (Å²) in [6.45, 7) is 3.12. The number of hydrogen-bond donors (Lipinski definition) is 4. The molecule has 1 aromatic heterocycles. The van der Waals surface area contributed by atoms with E-state index in [2.05, 4.69) is 14.7 Å². The highest BCUT2D eigenvalue weighted by atomic mass is 32.2. The number of carbonyl (C=O) groups is 1. The topological polar surface area (TPSA) is 138 Å². The average Bonchev–Trinajstić information content (AvgIpc) is 3.33. The summed E-state index contributed by atoms with van der Waals surface area (Å²) in [6.07, 6.45) is 4.78. The minimum atomic E-state index is -3.50. The van der Waals surface area contributed by atoms with Gasteiger partial charge in [0.15, 0.2) is 9.92 Å². The van der Waals surface area contributed by atoms with Gasteiger partial charge in [-0.05, 0) is 68.2 Å². The Balaban J connectivity index is 1.66. The number of fused-ring (bicyclic) bond motifs is 2. The second kappa shape index (κ2) is 7.13. The van der Waals surface area contributed by atoms with E-state index in [1.165, 1.54) is 6.20 Å². The molecule has 2 aliphatic rings. The van der Waals surface area contributed by atoms with E-state index in [0.29, 0.717) is 23.5 Å². The molecule has 0 spiro atoms. The van der Waals surface area contributed by atoms with Crippen molar-refractivity contribution >= 4 is 33.0 Å². The van der Waals surface area contributed by atoms with E-state index >= 15 is 0 Å². The van der Waals surface area contributed by atoms with E-state index in [1.54, 1.807) is 13.8 Å². The molecule has 0 fully saturated rings. The molecular formula is C19H24N4O4S2. The first-order chi connectivity index (χ1) is 13.6. The molecule has 0 aliphatic heterocycles. The lowest BCUT2D eigenvalue weighted by Crippen LogP contribution is -2.18. The molecule has 5 N–H and O–H groups in total. The van der Waals surface area contributed by atoms with Gasteiger partial charge >= 0.3 is 6.03 Å². The third-order valence-electron chi connectivity index (χ3n) is 5.32. The van der Waals surface area contributed by atoms with Crippen LogP contribution in [0.15, 0.2) is 20.8 Å². The van der Waals surface area contributed by atoms with Crippen LogP contribution in [0.3, 0.4) is 0 Å². The molecule has 2 aliphatic carbocycles. The van der Waals surface area contributed by atoms with Gasteiger partial charge in [0.25, 0.3) is 0 Å². The molecule has 4 rings (SSSR count). The average molecular weight is 437 g/mol. The molecule has 0 bridgehead atoms. The van der Waals surface area contributed by atoms with Gasteiger partial charge in [-0.1, -0.05) is 6.07 Å². The maximum Gasteiger partial charge on any atom is 0.354 e. The van der Waals surface area contributed by atoms with Crippen LogP contribution in [0.2, 0.25) is 0 Å². The fourth-order valence-electron chi connectivity index (χ4n) is 3.94. The molecule has 0 saturated heterocycles. The van der Waals surface area contributed by atoms with Crippen LogP contribution in [0, 0.1) is 0 Å². The first-order valence-electron chi connectivity index (χ1n) is 9.46. The van der Waals surface area contributed by atoms with Crippen molar-refractivity contribution in [3.63, 3.8) is 0 Å². The van der Waals surface area contributed by atoms with Crippen molar-refractivity contribution in [1.82, 2.24) is 4.98 Å². The van der Waals surface area contributed by atoms with Crippen LogP contribution in [0.4, 0.5) is 10.5 Å². The van der Waals surface area contributed by atoms with Crippen LogP contribution >= 0.6 is 11.3 Å². The number of aliphatic hydroxyl groups is 2. The molecule has 1 aromatic carbocycles. The van der Waals surface area contributed by atoms with Crippen molar-refractivity contribution in [1.29, 1.82) is 0 Å². The highest BCUT2D eigenvalue weighted by Crippen LogP contribution is 2.42. The van der Waals surface area contributed by atoms with E-state index in [9.17, 15) is 19.2 Å². The summed E-state index contributed by atoms with van der Waals surface area (Å²) in [5.74, 6) is 0. The largest absolute Gasteiger partial charge is 0.388 e. The molecule has 2 aromatic rings. The second-order valence-electron chi connectivity index (χ2n) is 8.00. The van der Waals surface area contributed by atoms with Crippen molar-refractivity contribution in [2.45, 2.75) is 61.9 Å². The fraction of sp³-hybridized carbons (Fsp3) is 0.474. The standard InChI is InChI=1S/C19H24N4O4S2/c1-19(2,26)17-21-9-15(28-17)29(20,27)23-18(25)22-16-11-5-3-4-10(11)8-13-12(16)6-7-14(13)24/h8-9,14,24,26H,3-7H2,1-2H3,(H3,20,22,23,25,27)/t14-,29?/m0/s1. The predicted octanol–water partition coefficient (Wildman–Crippen LogP) is 2.77. The Hall–Kier alpha value is -1.85. The van der Waals surface area contributed by atoms with E-state index in [1.807, 2.05) is 6.07 Å². The number of aliphatic hydroxyl groups excluding tert-OH is 1. The third kappa shape index (κ3) is 3.82. The first-order valence-corrected chi connectivity index (χ1v) is 11.9. The number of urea groups is 1. The zero-order valence-corrected chi connectivity index (χ0v) is 17.9. The minimum absolute atomic E-state index is 0.128. The Labute approximate surface area is 173 Å². The normalized spacial score (nSPS) is 20.1. The fourth-order valence-corrected chi connectivity index (χ4v) is 6.01. The number of carbonyl (C=O) groups excluding carboxylic acids is 1. The van der Waals surface area contributed by atoms with E-state index in [0.717, 1.165) is 52.9 Å². The van der Waals surface area contributed by atoms with Crippen molar-refractivity contribution < 1.29 is 19.2 Å². The molecule has 156 valence electrons. The Bertz CT molecular complexity index is 1110. The number of aromatic nitrogens is 1. The van der Waals surface area contributed by atoms with Gasteiger partial charge in [-0.2, -0.15) is 0 Å². The van der Waals surface area contributed by atoms with Crippen molar-refractivity contribution in [2.24, 2.45) is 9.50 Å². The highest BCUT2D eigenvalue weighted by molar-refractivity contribution is 7.93. The van der Waals surface area contributed by atoms with Crippen molar-refractivity contribution in [3.8, 4) is 0 Å². The van der Waals surface area contributed by atoms with Crippen LogP contribution in [-0.2, 0) is 34.8 Å². The number of anilines is 1. The number of amides is 2. The van der Waals surface area contributed by atoms with E-state index in [4.69, 9.17) is 5.14 Å². The Morgan fingerprint density at radius 3 is 2.83 bits per heavy atom. The molecule has 2 atom stereocenters. The van der Waals surface area contributed by atoms with Gasteiger partial charge in [0.2, 0.25) is 0 Å². The highest BCUT2D eigenvalue weighted by Gasteiger charge is 2.29. The lowest BCUT2D eigenvalue weighted by molar-refractivity contribution is 0.0783. The number of nitrogens with zero attached hydrogens (tertiary/aromatic N) is 2. The SMILES string of the molecule is CC(C)(O)c1ncc(S(N)(=O)=NC(=O)Nc2c3c(cc4c2CC[C@@H]4O)CCC3)s1. The van der Waals surface area contributed by atoms with Crippen molar-refractivity contribution in [2.75, 3.05) is 5.32 Å². The predicted molar refractivity (Wildman–Crippen MR) is 111 cm³/mol. The number of hydrogen-bond acceptors (Lipinski definition) is 6. The molecular weight excluding hydrogens is 412 g/mol. The first kappa shape index (κ1) is 20.4.